The Morgan fingerprint density at radius 3 is 2.81 bits per heavy atom. The van der Waals surface area contributed by atoms with Gasteiger partial charge in [-0.25, -0.2) is 4.79 Å². The van der Waals surface area contributed by atoms with Crippen LogP contribution in [0, 0.1) is 0 Å². The van der Waals surface area contributed by atoms with Gasteiger partial charge in [-0.1, -0.05) is 6.08 Å². The number of urea groups is 1. The zero-order chi connectivity index (χ0) is 15.2. The maximum absolute atomic E-state index is 12.3. The lowest BCUT2D eigenvalue weighted by Crippen LogP contribution is -2.33. The number of aromatic amines is 1. The molecule has 0 bridgehead atoms. The number of likely N-dealkylation sites (tertiary alicyclic amines) is 1. The minimum atomic E-state index is -0.332. The van der Waals surface area contributed by atoms with Gasteiger partial charge in [0, 0.05) is 26.7 Å². The topological polar surface area (TPSA) is 94.2 Å². The SMILES string of the molecule is C=CCCN(C)C(=O)Nc1n[nH]nc1C(=O)N1CCCC1. The number of carbonyl (C=O) groups is 2. The summed E-state index contributed by atoms with van der Waals surface area (Å²) in [5.74, 6) is -0.0346. The molecule has 8 nitrogen and oxygen atoms in total. The Morgan fingerprint density at radius 2 is 2.14 bits per heavy atom. The maximum Gasteiger partial charge on any atom is 0.322 e. The second-order valence-corrected chi connectivity index (χ2v) is 4.95. The van der Waals surface area contributed by atoms with E-state index in [1.807, 2.05) is 0 Å². The first-order valence-corrected chi connectivity index (χ1v) is 6.96. The summed E-state index contributed by atoms with van der Waals surface area (Å²) >= 11 is 0. The third-order valence-corrected chi connectivity index (χ3v) is 3.38. The number of carbonyl (C=O) groups excluding carboxylic acids is 2. The van der Waals surface area contributed by atoms with Gasteiger partial charge >= 0.3 is 6.03 Å². The van der Waals surface area contributed by atoms with Crippen LogP contribution in [0.5, 0.6) is 0 Å². The minimum absolute atomic E-state index is 0.155. The average Bonchev–Trinajstić information content (AvgIpc) is 3.15. The number of nitrogens with one attached hydrogen (secondary N) is 2. The van der Waals surface area contributed by atoms with Crippen LogP contribution in [0.15, 0.2) is 12.7 Å². The number of rotatable bonds is 5. The molecular weight excluding hydrogens is 272 g/mol. The van der Waals surface area contributed by atoms with Crippen LogP contribution in [0.2, 0.25) is 0 Å². The van der Waals surface area contributed by atoms with E-state index < -0.39 is 0 Å². The van der Waals surface area contributed by atoms with Crippen LogP contribution < -0.4 is 5.32 Å². The average molecular weight is 292 g/mol. The number of aromatic nitrogens is 3. The maximum atomic E-state index is 12.3. The van der Waals surface area contributed by atoms with Crippen LogP contribution in [-0.2, 0) is 0 Å². The molecule has 0 unspecified atom stereocenters. The highest BCUT2D eigenvalue weighted by atomic mass is 16.2. The predicted molar refractivity (Wildman–Crippen MR) is 78.0 cm³/mol. The molecule has 0 radical (unpaired) electrons. The highest BCUT2D eigenvalue weighted by Gasteiger charge is 2.26. The molecule has 1 aliphatic rings. The standard InChI is InChI=1S/C13H20N6O2/c1-3-4-7-18(2)13(21)14-11-10(15-17-16-11)12(20)19-8-5-6-9-19/h3H,1,4-9H2,2H3,(H2,14,15,16,17,21). The number of hydrogen-bond acceptors (Lipinski definition) is 4. The first-order valence-electron chi connectivity index (χ1n) is 6.96. The van der Waals surface area contributed by atoms with Crippen molar-refractivity contribution in [3.05, 3.63) is 18.3 Å². The van der Waals surface area contributed by atoms with Crippen LogP contribution >= 0.6 is 0 Å². The van der Waals surface area contributed by atoms with Gasteiger partial charge in [-0.3, -0.25) is 10.1 Å². The second-order valence-electron chi connectivity index (χ2n) is 4.95. The molecule has 1 saturated heterocycles. The van der Waals surface area contributed by atoms with E-state index in [0.29, 0.717) is 13.0 Å². The Kier molecular flexibility index (Phi) is 4.91. The molecule has 0 saturated carbocycles. The Bertz CT molecular complexity index is 520. The summed E-state index contributed by atoms with van der Waals surface area (Å²) in [4.78, 5) is 27.5. The molecular formula is C13H20N6O2. The van der Waals surface area contributed by atoms with Crippen molar-refractivity contribution in [1.82, 2.24) is 25.2 Å². The number of amides is 3. The summed E-state index contributed by atoms with van der Waals surface area (Å²) in [7, 11) is 1.67. The Hall–Kier alpha value is -2.38. The number of hydrogen-bond donors (Lipinski definition) is 2. The molecule has 1 aromatic heterocycles. The first-order chi connectivity index (χ1) is 10.1. The molecule has 114 valence electrons. The predicted octanol–water partition coefficient (Wildman–Crippen LogP) is 1.08. The van der Waals surface area contributed by atoms with Gasteiger partial charge in [0.2, 0.25) is 0 Å². The van der Waals surface area contributed by atoms with Gasteiger partial charge in [-0.15, -0.1) is 16.8 Å². The third kappa shape index (κ3) is 3.59. The van der Waals surface area contributed by atoms with Crippen LogP contribution in [0.25, 0.3) is 0 Å². The van der Waals surface area contributed by atoms with Crippen molar-refractivity contribution in [1.29, 1.82) is 0 Å². The lowest BCUT2D eigenvalue weighted by atomic mass is 10.3. The fourth-order valence-electron chi connectivity index (χ4n) is 2.12. The minimum Gasteiger partial charge on any atom is -0.337 e. The van der Waals surface area contributed by atoms with Crippen molar-refractivity contribution in [3.63, 3.8) is 0 Å². The van der Waals surface area contributed by atoms with Gasteiger partial charge in [-0.2, -0.15) is 5.21 Å². The molecule has 0 aromatic carbocycles. The van der Waals surface area contributed by atoms with Crippen molar-refractivity contribution in [2.75, 3.05) is 32.0 Å². The highest BCUT2D eigenvalue weighted by Crippen LogP contribution is 2.16. The molecule has 1 aromatic rings. The molecule has 0 spiro atoms. The molecule has 1 fully saturated rings. The number of nitrogens with zero attached hydrogens (tertiary/aromatic N) is 4. The van der Waals surface area contributed by atoms with E-state index in [-0.39, 0.29) is 23.5 Å². The van der Waals surface area contributed by atoms with Gasteiger partial charge in [-0.05, 0) is 19.3 Å². The summed E-state index contributed by atoms with van der Waals surface area (Å²) in [6, 6.07) is -0.332. The van der Waals surface area contributed by atoms with Gasteiger partial charge in [0.25, 0.3) is 5.91 Å². The zero-order valence-electron chi connectivity index (χ0n) is 12.1. The molecule has 3 amide bonds. The van der Waals surface area contributed by atoms with Gasteiger partial charge in [0.15, 0.2) is 11.5 Å². The van der Waals surface area contributed by atoms with Gasteiger partial charge in [0.1, 0.15) is 0 Å². The zero-order valence-corrected chi connectivity index (χ0v) is 12.1. The Balaban J connectivity index is 2.01. The van der Waals surface area contributed by atoms with E-state index in [1.54, 1.807) is 18.0 Å². The van der Waals surface area contributed by atoms with Crippen molar-refractivity contribution in [2.24, 2.45) is 0 Å². The smallest absolute Gasteiger partial charge is 0.322 e. The third-order valence-electron chi connectivity index (χ3n) is 3.38. The van der Waals surface area contributed by atoms with Crippen molar-refractivity contribution in [2.45, 2.75) is 19.3 Å². The molecule has 2 N–H and O–H groups in total. The molecule has 2 heterocycles. The second kappa shape index (κ2) is 6.87. The lowest BCUT2D eigenvalue weighted by molar-refractivity contribution is 0.0788. The van der Waals surface area contributed by atoms with Gasteiger partial charge in [0.05, 0.1) is 0 Å². The van der Waals surface area contributed by atoms with Crippen LogP contribution in [0.1, 0.15) is 29.8 Å². The fraction of sp³-hybridized carbons (Fsp3) is 0.538. The molecule has 2 rings (SSSR count). The van der Waals surface area contributed by atoms with E-state index in [4.69, 9.17) is 0 Å². The monoisotopic (exact) mass is 292 g/mol. The van der Waals surface area contributed by atoms with E-state index in [9.17, 15) is 9.59 Å². The Morgan fingerprint density at radius 1 is 1.43 bits per heavy atom. The molecule has 0 atom stereocenters. The highest BCUT2D eigenvalue weighted by molar-refractivity contribution is 6.00. The van der Waals surface area contributed by atoms with E-state index >= 15 is 0 Å². The summed E-state index contributed by atoms with van der Waals surface area (Å²) in [5.41, 5.74) is 0.155. The molecule has 8 heteroatoms. The molecule has 1 aliphatic heterocycles. The van der Waals surface area contributed by atoms with Crippen LogP contribution in [0.4, 0.5) is 10.6 Å². The van der Waals surface area contributed by atoms with Crippen molar-refractivity contribution >= 4 is 17.8 Å². The molecule has 21 heavy (non-hydrogen) atoms. The van der Waals surface area contributed by atoms with E-state index in [1.165, 1.54) is 4.90 Å². The normalized spacial score (nSPS) is 14.0. The first kappa shape index (κ1) is 15.0. The van der Waals surface area contributed by atoms with Crippen LogP contribution in [0.3, 0.4) is 0 Å². The largest absolute Gasteiger partial charge is 0.337 e. The Labute approximate surface area is 123 Å². The van der Waals surface area contributed by atoms with Crippen molar-refractivity contribution in [3.8, 4) is 0 Å². The van der Waals surface area contributed by atoms with Crippen molar-refractivity contribution < 1.29 is 9.59 Å². The van der Waals surface area contributed by atoms with E-state index in [0.717, 1.165) is 25.9 Å². The fourth-order valence-corrected chi connectivity index (χ4v) is 2.12. The summed E-state index contributed by atoms with van der Waals surface area (Å²) < 4.78 is 0. The quantitative estimate of drug-likeness (QED) is 0.794. The summed E-state index contributed by atoms with van der Waals surface area (Å²) in [5, 5.41) is 12.7. The summed E-state index contributed by atoms with van der Waals surface area (Å²) in [6.45, 7) is 5.60. The molecule has 0 aliphatic carbocycles. The van der Waals surface area contributed by atoms with Crippen LogP contribution in [-0.4, -0.2) is 63.8 Å². The van der Waals surface area contributed by atoms with Gasteiger partial charge < -0.3 is 9.80 Å². The number of anilines is 1. The lowest BCUT2D eigenvalue weighted by Gasteiger charge is -2.17. The number of H-pyrrole nitrogens is 1. The summed E-state index contributed by atoms with van der Waals surface area (Å²) in [6.07, 6.45) is 4.43. The van der Waals surface area contributed by atoms with E-state index in [2.05, 4.69) is 27.3 Å².